The topological polar surface area (TPSA) is 3.88 Å². The Balaban J connectivity index is 2.10. The van der Waals surface area contributed by atoms with Crippen molar-refractivity contribution in [1.82, 2.24) is 0 Å². The van der Waals surface area contributed by atoms with Crippen molar-refractivity contribution in [1.29, 1.82) is 0 Å². The minimum Gasteiger partial charge on any atom is -0.182 e. The van der Waals surface area contributed by atoms with Gasteiger partial charge in [0.1, 0.15) is 11.2 Å². The SMILES string of the molecule is C=CC1=C/C(=C/c2sc3ccccc3[n+]2CC)CC(C)(C)C1. The van der Waals surface area contributed by atoms with E-state index in [0.29, 0.717) is 5.41 Å². The normalized spacial score (nSPS) is 19.4. The molecule has 0 unspecified atom stereocenters. The van der Waals surface area contributed by atoms with Gasteiger partial charge in [-0.05, 0) is 42.4 Å². The number of aromatic nitrogens is 1. The molecule has 1 nitrogen and oxygen atoms in total. The highest BCUT2D eigenvalue weighted by atomic mass is 32.1. The molecule has 2 aromatic rings. The lowest BCUT2D eigenvalue weighted by atomic mass is 9.75. The van der Waals surface area contributed by atoms with Gasteiger partial charge in [-0.1, -0.05) is 56.0 Å². The molecule has 0 aliphatic heterocycles. The molecule has 1 aromatic carbocycles. The third-order valence-electron chi connectivity index (χ3n) is 4.26. The molecule has 1 aliphatic carbocycles. The number of rotatable bonds is 3. The molecule has 2 heteroatoms. The molecule has 0 saturated heterocycles. The predicted octanol–water partition coefficient (Wildman–Crippen LogP) is 5.52. The van der Waals surface area contributed by atoms with E-state index in [-0.39, 0.29) is 0 Å². The minimum atomic E-state index is 0.317. The molecule has 0 amide bonds. The van der Waals surface area contributed by atoms with Crippen LogP contribution in [0.4, 0.5) is 0 Å². The Kier molecular flexibility index (Phi) is 4.05. The van der Waals surface area contributed by atoms with Gasteiger partial charge < -0.3 is 0 Å². The first-order valence-corrected chi connectivity index (χ1v) is 8.79. The third kappa shape index (κ3) is 2.93. The van der Waals surface area contributed by atoms with E-state index in [9.17, 15) is 0 Å². The molecule has 0 atom stereocenters. The van der Waals surface area contributed by atoms with Gasteiger partial charge in [0.25, 0.3) is 5.01 Å². The first-order valence-electron chi connectivity index (χ1n) is 7.97. The molecular weight excluding hydrogens is 286 g/mol. The maximum absolute atomic E-state index is 3.96. The van der Waals surface area contributed by atoms with Crippen LogP contribution in [0.25, 0.3) is 16.3 Å². The minimum absolute atomic E-state index is 0.317. The van der Waals surface area contributed by atoms with Crippen LogP contribution in [0, 0.1) is 5.41 Å². The van der Waals surface area contributed by atoms with Crippen molar-refractivity contribution >= 4 is 27.6 Å². The standard InChI is InChI=1S/C20H24NS/c1-5-15-11-16(14-20(3,4)13-15)12-19-21(6-2)17-9-7-8-10-18(17)22-19/h5,7-12H,1,6,13-14H2,2-4H3/q+1/b16-12-. The van der Waals surface area contributed by atoms with Gasteiger partial charge in [-0.2, -0.15) is 4.57 Å². The van der Waals surface area contributed by atoms with Gasteiger partial charge in [-0.3, -0.25) is 0 Å². The van der Waals surface area contributed by atoms with Crippen molar-refractivity contribution in [2.24, 2.45) is 5.41 Å². The van der Waals surface area contributed by atoms with E-state index in [1.165, 1.54) is 26.4 Å². The van der Waals surface area contributed by atoms with Crippen LogP contribution >= 0.6 is 11.3 Å². The fourth-order valence-electron chi connectivity index (χ4n) is 3.38. The summed E-state index contributed by atoms with van der Waals surface area (Å²) in [5.74, 6) is 0. The van der Waals surface area contributed by atoms with E-state index in [1.54, 1.807) is 0 Å². The fraction of sp³-hybridized carbons (Fsp3) is 0.350. The monoisotopic (exact) mass is 310 g/mol. The summed E-state index contributed by atoms with van der Waals surface area (Å²) in [6.07, 6.45) is 8.95. The van der Waals surface area contributed by atoms with Gasteiger partial charge >= 0.3 is 0 Å². The Hall–Kier alpha value is -1.67. The van der Waals surface area contributed by atoms with Gasteiger partial charge in [0.2, 0.25) is 5.52 Å². The first-order chi connectivity index (χ1) is 10.5. The van der Waals surface area contributed by atoms with Crippen LogP contribution < -0.4 is 4.57 Å². The van der Waals surface area contributed by atoms with Gasteiger partial charge in [0, 0.05) is 12.1 Å². The van der Waals surface area contributed by atoms with E-state index < -0.39 is 0 Å². The highest BCUT2D eigenvalue weighted by molar-refractivity contribution is 7.18. The molecule has 1 heterocycles. The third-order valence-corrected chi connectivity index (χ3v) is 5.37. The Labute approximate surface area is 137 Å². The number of nitrogens with zero attached hydrogens (tertiary/aromatic N) is 1. The average Bonchev–Trinajstić information content (AvgIpc) is 2.82. The van der Waals surface area contributed by atoms with Gasteiger partial charge in [0.05, 0.1) is 0 Å². The number of para-hydroxylation sites is 1. The summed E-state index contributed by atoms with van der Waals surface area (Å²) in [6.45, 7) is 11.9. The molecule has 1 aliphatic rings. The van der Waals surface area contributed by atoms with Crippen molar-refractivity contribution in [3.8, 4) is 0 Å². The number of benzene rings is 1. The van der Waals surface area contributed by atoms with Crippen LogP contribution in [0.3, 0.4) is 0 Å². The number of hydrogen-bond donors (Lipinski definition) is 0. The molecule has 0 bridgehead atoms. The smallest absolute Gasteiger partial charge is 0.182 e. The number of fused-ring (bicyclic) bond motifs is 1. The molecule has 22 heavy (non-hydrogen) atoms. The van der Waals surface area contributed by atoms with Crippen LogP contribution in [0.5, 0.6) is 0 Å². The molecule has 3 rings (SSSR count). The zero-order valence-electron chi connectivity index (χ0n) is 13.7. The Morgan fingerprint density at radius 3 is 2.77 bits per heavy atom. The van der Waals surface area contributed by atoms with E-state index in [1.807, 2.05) is 17.4 Å². The summed E-state index contributed by atoms with van der Waals surface area (Å²) < 4.78 is 3.77. The zero-order chi connectivity index (χ0) is 15.7. The largest absolute Gasteiger partial charge is 0.263 e. The van der Waals surface area contributed by atoms with Crippen LogP contribution in [0.2, 0.25) is 0 Å². The quantitative estimate of drug-likeness (QED) is 0.657. The molecular formula is C20H24NS+. The number of aryl methyl sites for hydroxylation is 1. The van der Waals surface area contributed by atoms with E-state index in [2.05, 4.69) is 68.3 Å². The lowest BCUT2D eigenvalue weighted by Crippen LogP contribution is -2.33. The second-order valence-electron chi connectivity index (χ2n) is 6.81. The van der Waals surface area contributed by atoms with E-state index >= 15 is 0 Å². The Morgan fingerprint density at radius 1 is 1.27 bits per heavy atom. The van der Waals surface area contributed by atoms with Crippen LogP contribution in [-0.4, -0.2) is 0 Å². The summed E-state index contributed by atoms with van der Waals surface area (Å²) in [5.41, 5.74) is 4.43. The Bertz CT molecular complexity index is 774. The summed E-state index contributed by atoms with van der Waals surface area (Å²) in [7, 11) is 0. The molecule has 0 saturated carbocycles. The predicted molar refractivity (Wildman–Crippen MR) is 97.0 cm³/mol. The van der Waals surface area contributed by atoms with Gasteiger partial charge in [0.15, 0.2) is 0 Å². The summed E-state index contributed by atoms with van der Waals surface area (Å²) >= 11 is 1.88. The lowest BCUT2D eigenvalue weighted by Gasteiger charge is -2.30. The van der Waals surface area contributed by atoms with E-state index in [0.717, 1.165) is 19.4 Å². The molecule has 1 aromatic heterocycles. The van der Waals surface area contributed by atoms with Crippen LogP contribution in [-0.2, 0) is 6.54 Å². The molecule has 0 fully saturated rings. The summed E-state index contributed by atoms with van der Waals surface area (Å²) in [5, 5.41) is 1.34. The number of allylic oxidation sites excluding steroid dienone is 4. The highest BCUT2D eigenvalue weighted by Crippen LogP contribution is 2.39. The molecule has 0 spiro atoms. The average molecular weight is 310 g/mol. The van der Waals surface area contributed by atoms with E-state index in [4.69, 9.17) is 0 Å². The second-order valence-corrected chi connectivity index (χ2v) is 7.87. The Morgan fingerprint density at radius 2 is 2.05 bits per heavy atom. The van der Waals surface area contributed by atoms with Gasteiger partial charge in [-0.25, -0.2) is 0 Å². The van der Waals surface area contributed by atoms with Crippen molar-refractivity contribution in [3.63, 3.8) is 0 Å². The lowest BCUT2D eigenvalue weighted by molar-refractivity contribution is -0.665. The molecule has 114 valence electrons. The van der Waals surface area contributed by atoms with Crippen molar-refractivity contribution < 1.29 is 4.57 Å². The highest BCUT2D eigenvalue weighted by Gasteiger charge is 2.26. The maximum atomic E-state index is 3.96. The second kappa shape index (κ2) is 5.85. The zero-order valence-corrected chi connectivity index (χ0v) is 14.5. The fourth-order valence-corrected chi connectivity index (χ4v) is 4.58. The first kappa shape index (κ1) is 15.2. The van der Waals surface area contributed by atoms with Crippen LogP contribution in [0.1, 0.15) is 38.6 Å². The summed E-state index contributed by atoms with van der Waals surface area (Å²) in [4.78, 5) is 0. The van der Waals surface area contributed by atoms with Crippen molar-refractivity contribution in [3.05, 3.63) is 59.2 Å². The van der Waals surface area contributed by atoms with Gasteiger partial charge in [-0.15, -0.1) is 0 Å². The maximum Gasteiger partial charge on any atom is 0.263 e. The molecule has 0 N–H and O–H groups in total. The number of thiazole rings is 1. The molecule has 0 radical (unpaired) electrons. The van der Waals surface area contributed by atoms with Crippen LogP contribution in [0.15, 0.2) is 54.1 Å². The summed E-state index contributed by atoms with van der Waals surface area (Å²) in [6, 6.07) is 8.67. The van der Waals surface area contributed by atoms with Crippen molar-refractivity contribution in [2.75, 3.05) is 0 Å². The number of hydrogen-bond acceptors (Lipinski definition) is 1. The van der Waals surface area contributed by atoms with Crippen molar-refractivity contribution in [2.45, 2.75) is 40.2 Å².